The summed E-state index contributed by atoms with van der Waals surface area (Å²) in [4.78, 5) is 0. The van der Waals surface area contributed by atoms with E-state index in [4.69, 9.17) is 0 Å². The van der Waals surface area contributed by atoms with Crippen LogP contribution in [-0.2, 0) is 0 Å². The van der Waals surface area contributed by atoms with Crippen molar-refractivity contribution in [2.24, 2.45) is 5.92 Å². The maximum atomic E-state index is 12.1. The fourth-order valence-corrected chi connectivity index (χ4v) is 1.43. The third-order valence-corrected chi connectivity index (χ3v) is 2.09. The molecule has 1 fully saturated rings. The average molecular weight is 167 g/mol. The molecule has 0 aliphatic carbocycles. The molecule has 1 aliphatic rings. The van der Waals surface area contributed by atoms with E-state index in [2.05, 4.69) is 5.32 Å². The van der Waals surface area contributed by atoms with Crippen LogP contribution in [0.25, 0.3) is 0 Å². The number of nitrogens with one attached hydrogen (secondary N) is 1. The van der Waals surface area contributed by atoms with Crippen molar-refractivity contribution in [3.63, 3.8) is 0 Å². The summed E-state index contributed by atoms with van der Waals surface area (Å²) in [7, 11) is 0. The lowest BCUT2D eigenvalue weighted by Crippen LogP contribution is -2.41. The zero-order valence-corrected chi connectivity index (χ0v) is 6.41. The SMILES string of the molecule is CC1CC(C(F)(F)F)CCN1. The smallest absolute Gasteiger partial charge is 0.314 e. The highest BCUT2D eigenvalue weighted by Crippen LogP contribution is 2.33. The molecule has 0 aromatic carbocycles. The fraction of sp³-hybridized carbons (Fsp3) is 1.00. The van der Waals surface area contributed by atoms with E-state index in [-0.39, 0.29) is 18.9 Å². The van der Waals surface area contributed by atoms with E-state index in [0.29, 0.717) is 6.54 Å². The normalized spacial score (nSPS) is 33.8. The largest absolute Gasteiger partial charge is 0.391 e. The van der Waals surface area contributed by atoms with Crippen molar-refractivity contribution < 1.29 is 13.2 Å². The molecular weight excluding hydrogens is 155 g/mol. The summed E-state index contributed by atoms with van der Waals surface area (Å²) >= 11 is 0. The van der Waals surface area contributed by atoms with Crippen LogP contribution in [0.4, 0.5) is 13.2 Å². The van der Waals surface area contributed by atoms with Gasteiger partial charge in [0.1, 0.15) is 0 Å². The number of hydrogen-bond donors (Lipinski definition) is 1. The third-order valence-electron chi connectivity index (χ3n) is 2.09. The molecule has 1 aliphatic heterocycles. The van der Waals surface area contributed by atoms with E-state index in [1.807, 2.05) is 0 Å². The van der Waals surface area contributed by atoms with E-state index in [0.717, 1.165) is 0 Å². The first kappa shape index (κ1) is 8.84. The van der Waals surface area contributed by atoms with E-state index >= 15 is 0 Å². The molecular formula is C7H12F3N. The molecule has 0 bridgehead atoms. The van der Waals surface area contributed by atoms with Crippen molar-refractivity contribution in [1.82, 2.24) is 5.32 Å². The van der Waals surface area contributed by atoms with Crippen LogP contribution in [0.1, 0.15) is 19.8 Å². The van der Waals surface area contributed by atoms with Crippen LogP contribution in [0.3, 0.4) is 0 Å². The molecule has 11 heavy (non-hydrogen) atoms. The third kappa shape index (κ3) is 2.36. The molecule has 1 rings (SSSR count). The zero-order chi connectivity index (χ0) is 8.48. The molecule has 0 amide bonds. The van der Waals surface area contributed by atoms with Crippen molar-refractivity contribution in [2.75, 3.05) is 6.54 Å². The Labute approximate surface area is 64.0 Å². The van der Waals surface area contributed by atoms with Crippen LogP contribution < -0.4 is 5.32 Å². The van der Waals surface area contributed by atoms with Gasteiger partial charge in [0, 0.05) is 6.04 Å². The van der Waals surface area contributed by atoms with Gasteiger partial charge in [-0.2, -0.15) is 13.2 Å². The summed E-state index contributed by atoms with van der Waals surface area (Å²) in [6, 6.07) is 0.00961. The van der Waals surface area contributed by atoms with Gasteiger partial charge >= 0.3 is 6.18 Å². The molecule has 0 radical (unpaired) electrons. The molecule has 2 unspecified atom stereocenters. The first-order chi connectivity index (χ1) is 5.00. The van der Waals surface area contributed by atoms with Gasteiger partial charge in [0.15, 0.2) is 0 Å². The van der Waals surface area contributed by atoms with Gasteiger partial charge in [0.25, 0.3) is 0 Å². The van der Waals surface area contributed by atoms with Crippen molar-refractivity contribution >= 4 is 0 Å². The number of halogens is 3. The molecule has 0 saturated carbocycles. The quantitative estimate of drug-likeness (QED) is 0.581. The standard InChI is InChI=1S/C7H12F3N/c1-5-4-6(2-3-11-5)7(8,9)10/h5-6,11H,2-4H2,1H3. The van der Waals surface area contributed by atoms with Gasteiger partial charge < -0.3 is 5.32 Å². The maximum Gasteiger partial charge on any atom is 0.391 e. The Morgan fingerprint density at radius 2 is 2.00 bits per heavy atom. The van der Waals surface area contributed by atoms with Gasteiger partial charge in [-0.25, -0.2) is 0 Å². The van der Waals surface area contributed by atoms with Crippen molar-refractivity contribution in [3.05, 3.63) is 0 Å². The van der Waals surface area contributed by atoms with Gasteiger partial charge in [-0.05, 0) is 26.3 Å². The lowest BCUT2D eigenvalue weighted by atomic mass is 9.93. The molecule has 4 heteroatoms. The minimum atomic E-state index is -3.99. The van der Waals surface area contributed by atoms with E-state index in [9.17, 15) is 13.2 Å². The lowest BCUT2D eigenvalue weighted by molar-refractivity contribution is -0.182. The monoisotopic (exact) mass is 167 g/mol. The molecule has 1 nitrogen and oxygen atoms in total. The maximum absolute atomic E-state index is 12.1. The van der Waals surface area contributed by atoms with Crippen LogP contribution in [0.15, 0.2) is 0 Å². The second kappa shape index (κ2) is 3.01. The summed E-state index contributed by atoms with van der Waals surface area (Å²) in [5, 5.41) is 2.98. The van der Waals surface area contributed by atoms with E-state index < -0.39 is 12.1 Å². The minimum absolute atomic E-state index is 0.00961. The van der Waals surface area contributed by atoms with Crippen molar-refractivity contribution in [2.45, 2.75) is 32.0 Å². The minimum Gasteiger partial charge on any atom is -0.314 e. The van der Waals surface area contributed by atoms with E-state index in [1.54, 1.807) is 6.92 Å². The topological polar surface area (TPSA) is 12.0 Å². The van der Waals surface area contributed by atoms with Gasteiger partial charge in [-0.1, -0.05) is 0 Å². The second-order valence-electron chi connectivity index (χ2n) is 3.12. The fourth-order valence-electron chi connectivity index (χ4n) is 1.43. The first-order valence-electron chi connectivity index (χ1n) is 3.80. The Hall–Kier alpha value is -0.250. The Morgan fingerprint density at radius 1 is 1.36 bits per heavy atom. The Morgan fingerprint density at radius 3 is 2.36 bits per heavy atom. The van der Waals surface area contributed by atoms with Crippen LogP contribution in [0.2, 0.25) is 0 Å². The van der Waals surface area contributed by atoms with Gasteiger partial charge in [-0.15, -0.1) is 0 Å². The molecule has 1 N–H and O–H groups in total. The molecule has 0 aromatic heterocycles. The summed E-state index contributed by atoms with van der Waals surface area (Å²) in [6.07, 6.45) is -3.53. The van der Waals surface area contributed by atoms with Crippen LogP contribution >= 0.6 is 0 Å². The van der Waals surface area contributed by atoms with Crippen LogP contribution in [-0.4, -0.2) is 18.8 Å². The molecule has 2 atom stereocenters. The van der Waals surface area contributed by atoms with Gasteiger partial charge in [0.2, 0.25) is 0 Å². The number of rotatable bonds is 0. The highest BCUT2D eigenvalue weighted by atomic mass is 19.4. The van der Waals surface area contributed by atoms with Crippen molar-refractivity contribution in [3.8, 4) is 0 Å². The highest BCUT2D eigenvalue weighted by Gasteiger charge is 2.41. The zero-order valence-electron chi connectivity index (χ0n) is 6.41. The Bertz CT molecular complexity index is 132. The molecule has 66 valence electrons. The number of piperidine rings is 1. The Kier molecular flexibility index (Phi) is 2.42. The van der Waals surface area contributed by atoms with Gasteiger partial charge in [-0.3, -0.25) is 0 Å². The highest BCUT2D eigenvalue weighted by molar-refractivity contribution is 4.79. The lowest BCUT2D eigenvalue weighted by Gasteiger charge is -2.29. The summed E-state index contributed by atoms with van der Waals surface area (Å²) in [6.45, 7) is 2.28. The van der Waals surface area contributed by atoms with E-state index in [1.165, 1.54) is 0 Å². The molecule has 0 aromatic rings. The Balaban J connectivity index is 2.46. The van der Waals surface area contributed by atoms with Crippen molar-refractivity contribution in [1.29, 1.82) is 0 Å². The number of hydrogen-bond acceptors (Lipinski definition) is 1. The predicted octanol–water partition coefficient (Wildman–Crippen LogP) is 1.94. The summed E-state index contributed by atoms with van der Waals surface area (Å²) in [5.41, 5.74) is 0. The molecule has 1 saturated heterocycles. The predicted molar refractivity (Wildman–Crippen MR) is 36.2 cm³/mol. The molecule has 0 spiro atoms. The van der Waals surface area contributed by atoms with Gasteiger partial charge in [0.05, 0.1) is 5.92 Å². The summed E-state index contributed by atoms with van der Waals surface area (Å²) < 4.78 is 36.3. The summed E-state index contributed by atoms with van der Waals surface area (Å²) in [5.74, 6) is -1.08. The second-order valence-corrected chi connectivity index (χ2v) is 3.12. The van der Waals surface area contributed by atoms with Crippen LogP contribution in [0.5, 0.6) is 0 Å². The first-order valence-corrected chi connectivity index (χ1v) is 3.80. The molecule has 1 heterocycles. The number of alkyl halides is 3. The average Bonchev–Trinajstić information content (AvgIpc) is 1.86. The van der Waals surface area contributed by atoms with Crippen LogP contribution in [0, 0.1) is 5.92 Å².